The summed E-state index contributed by atoms with van der Waals surface area (Å²) in [5, 5.41) is 12.2. The van der Waals surface area contributed by atoms with Gasteiger partial charge in [-0.1, -0.05) is 13.5 Å². The molecule has 0 aliphatic carbocycles. The van der Waals surface area contributed by atoms with E-state index in [4.69, 9.17) is 0 Å². The molecule has 5 nitrogen and oxygen atoms in total. The third-order valence-electron chi connectivity index (χ3n) is 3.26. The lowest BCUT2D eigenvalue weighted by Crippen LogP contribution is -2.54. The van der Waals surface area contributed by atoms with E-state index < -0.39 is 5.97 Å². The molecule has 19 heavy (non-hydrogen) atoms. The lowest BCUT2D eigenvalue weighted by Gasteiger charge is -2.35. The van der Waals surface area contributed by atoms with Crippen LogP contribution in [0.25, 0.3) is 0 Å². The van der Waals surface area contributed by atoms with Gasteiger partial charge in [-0.05, 0) is 34.1 Å². The summed E-state index contributed by atoms with van der Waals surface area (Å²) in [6.07, 6.45) is 0.111. The quantitative estimate of drug-likeness (QED) is 0.420. The van der Waals surface area contributed by atoms with E-state index in [2.05, 4.69) is 32.7 Å². The Kier molecular flexibility index (Phi) is 11.1. The maximum Gasteiger partial charge on any atom is 0.250 e. The molecule has 0 heterocycles. The molecule has 1 amide bonds. The van der Waals surface area contributed by atoms with E-state index in [0.717, 1.165) is 24.1 Å². The standard InChI is InChI=1S/C11H22N2O.C3H6O2/c1-6-13(7-2,8-3)9-12-11(14)10(4)5;1-2-3(4)5/h4,6-9H2,1-3,5H3;2H2,1H3,(H,4,5). The normalized spacial score (nSPS) is 10.2. The summed E-state index contributed by atoms with van der Waals surface area (Å²) in [6.45, 7) is 17.2. The molecule has 0 atom stereocenters. The van der Waals surface area contributed by atoms with Gasteiger partial charge in [-0.15, -0.1) is 0 Å². The second kappa shape index (κ2) is 10.6. The third kappa shape index (κ3) is 9.25. The molecule has 0 aromatic heterocycles. The molecule has 0 rings (SSSR count). The number of carboxylic acid groups (broad SMARTS) is 1. The summed E-state index contributed by atoms with van der Waals surface area (Å²) in [6, 6.07) is 0. The number of rotatable bonds is 7. The Morgan fingerprint density at radius 2 is 1.47 bits per heavy atom. The van der Waals surface area contributed by atoms with Crippen molar-refractivity contribution in [1.29, 1.82) is 0 Å². The van der Waals surface area contributed by atoms with Gasteiger partial charge in [-0.3, -0.25) is 4.79 Å². The molecule has 0 aliphatic rings. The number of hydrogen-bond donors (Lipinski definition) is 1. The van der Waals surface area contributed by atoms with Crippen molar-refractivity contribution >= 4 is 11.9 Å². The Hall–Kier alpha value is -1.36. The summed E-state index contributed by atoms with van der Waals surface area (Å²) >= 11 is 0. The molecular formula is C14H28N2O3. The average Bonchev–Trinajstić information content (AvgIpc) is 2.41. The zero-order valence-corrected chi connectivity index (χ0v) is 12.9. The molecule has 0 saturated heterocycles. The van der Waals surface area contributed by atoms with E-state index in [-0.39, 0.29) is 12.3 Å². The van der Waals surface area contributed by atoms with E-state index in [0.29, 0.717) is 12.2 Å². The minimum absolute atomic E-state index is 0.0390. The maximum absolute atomic E-state index is 11.3. The monoisotopic (exact) mass is 272 g/mol. The van der Waals surface area contributed by atoms with Gasteiger partial charge in [0, 0.05) is 11.5 Å². The number of nitrogens with zero attached hydrogens (tertiary/aromatic N) is 1. The van der Waals surface area contributed by atoms with Crippen molar-refractivity contribution < 1.29 is 19.2 Å². The van der Waals surface area contributed by atoms with Crippen LogP contribution in [0.15, 0.2) is 12.2 Å². The SMILES string of the molecule is C=C(C)C(=O)NC[N+](CC)(CC)CC.CCC(=O)[O-]. The molecule has 0 saturated carbocycles. The van der Waals surface area contributed by atoms with Crippen LogP contribution in [0.5, 0.6) is 0 Å². The molecule has 5 heteroatoms. The van der Waals surface area contributed by atoms with Crippen LogP contribution in [-0.2, 0) is 9.59 Å². The number of carboxylic acids is 1. The van der Waals surface area contributed by atoms with E-state index in [9.17, 15) is 14.7 Å². The molecule has 0 bridgehead atoms. The van der Waals surface area contributed by atoms with E-state index >= 15 is 0 Å². The van der Waals surface area contributed by atoms with Crippen molar-refractivity contribution in [3.8, 4) is 0 Å². The highest BCUT2D eigenvalue weighted by Crippen LogP contribution is 2.03. The topological polar surface area (TPSA) is 69.2 Å². The molecule has 0 fully saturated rings. The van der Waals surface area contributed by atoms with Crippen LogP contribution < -0.4 is 10.4 Å². The lowest BCUT2D eigenvalue weighted by molar-refractivity contribution is -0.924. The first kappa shape index (κ1) is 20.0. The Morgan fingerprint density at radius 3 is 1.68 bits per heavy atom. The second-order valence-corrected chi connectivity index (χ2v) is 4.46. The van der Waals surface area contributed by atoms with Gasteiger partial charge in [0.25, 0.3) is 5.91 Å². The van der Waals surface area contributed by atoms with Gasteiger partial charge >= 0.3 is 0 Å². The molecule has 0 spiro atoms. The molecule has 0 aromatic carbocycles. The zero-order valence-electron chi connectivity index (χ0n) is 12.9. The van der Waals surface area contributed by atoms with Gasteiger partial charge in [-0.2, -0.15) is 0 Å². The number of quaternary nitrogens is 1. The van der Waals surface area contributed by atoms with Crippen LogP contribution in [0.1, 0.15) is 41.0 Å². The predicted octanol–water partition coefficient (Wildman–Crippen LogP) is 0.659. The van der Waals surface area contributed by atoms with Crippen molar-refractivity contribution in [3.05, 3.63) is 12.2 Å². The number of carbonyl (C=O) groups excluding carboxylic acids is 2. The van der Waals surface area contributed by atoms with Crippen LogP contribution in [0.2, 0.25) is 0 Å². The highest BCUT2D eigenvalue weighted by molar-refractivity contribution is 5.91. The minimum Gasteiger partial charge on any atom is -0.550 e. The molecule has 112 valence electrons. The molecule has 0 aromatic rings. The summed E-state index contributed by atoms with van der Waals surface area (Å²) in [7, 11) is 0. The molecule has 0 unspecified atom stereocenters. The first-order valence-corrected chi connectivity index (χ1v) is 6.77. The van der Waals surface area contributed by atoms with Crippen molar-refractivity contribution in [2.75, 3.05) is 26.3 Å². The number of hydrogen-bond acceptors (Lipinski definition) is 3. The second-order valence-electron chi connectivity index (χ2n) is 4.46. The highest BCUT2D eigenvalue weighted by Gasteiger charge is 2.20. The van der Waals surface area contributed by atoms with Gasteiger partial charge in [0.2, 0.25) is 0 Å². The van der Waals surface area contributed by atoms with Crippen molar-refractivity contribution in [3.63, 3.8) is 0 Å². The maximum atomic E-state index is 11.3. The Bertz CT molecular complexity index is 289. The third-order valence-corrected chi connectivity index (χ3v) is 3.26. The Morgan fingerprint density at radius 1 is 1.11 bits per heavy atom. The van der Waals surface area contributed by atoms with E-state index in [1.165, 1.54) is 6.92 Å². The average molecular weight is 272 g/mol. The smallest absolute Gasteiger partial charge is 0.250 e. The fourth-order valence-corrected chi connectivity index (χ4v) is 1.40. The molecule has 0 radical (unpaired) electrons. The van der Waals surface area contributed by atoms with Gasteiger partial charge in [0.1, 0.15) is 0 Å². The molecule has 0 aliphatic heterocycles. The van der Waals surface area contributed by atoms with Crippen molar-refractivity contribution in [2.24, 2.45) is 0 Å². The fraction of sp³-hybridized carbons (Fsp3) is 0.714. The number of aliphatic carboxylic acids is 1. The Balaban J connectivity index is 0. The number of amides is 1. The largest absolute Gasteiger partial charge is 0.550 e. The van der Waals surface area contributed by atoms with Gasteiger partial charge in [0.05, 0.1) is 19.6 Å². The van der Waals surface area contributed by atoms with Crippen LogP contribution in [0.4, 0.5) is 0 Å². The predicted molar refractivity (Wildman–Crippen MR) is 75.0 cm³/mol. The van der Waals surface area contributed by atoms with E-state index in [1.54, 1.807) is 6.92 Å². The Labute approximate surface area is 116 Å². The summed E-state index contributed by atoms with van der Waals surface area (Å²) in [5.74, 6) is -1.03. The minimum atomic E-state index is -0.995. The number of carbonyl (C=O) groups is 2. The van der Waals surface area contributed by atoms with E-state index in [1.807, 2.05) is 0 Å². The zero-order chi connectivity index (χ0) is 15.5. The fourth-order valence-electron chi connectivity index (χ4n) is 1.40. The van der Waals surface area contributed by atoms with Crippen LogP contribution in [0, 0.1) is 0 Å². The molecular weight excluding hydrogens is 244 g/mol. The molecule has 1 N–H and O–H groups in total. The summed E-state index contributed by atoms with van der Waals surface area (Å²) in [5.41, 5.74) is 0.575. The highest BCUT2D eigenvalue weighted by atomic mass is 16.4. The number of nitrogens with one attached hydrogen (secondary N) is 1. The van der Waals surface area contributed by atoms with Crippen molar-refractivity contribution in [2.45, 2.75) is 41.0 Å². The summed E-state index contributed by atoms with van der Waals surface area (Å²) < 4.78 is 0.930. The van der Waals surface area contributed by atoms with Crippen molar-refractivity contribution in [1.82, 2.24) is 5.32 Å². The van der Waals surface area contributed by atoms with Crippen LogP contribution in [-0.4, -0.2) is 42.7 Å². The first-order valence-electron chi connectivity index (χ1n) is 6.77. The lowest BCUT2D eigenvalue weighted by atomic mass is 10.3. The van der Waals surface area contributed by atoms with Gasteiger partial charge < -0.3 is 19.7 Å². The van der Waals surface area contributed by atoms with Gasteiger partial charge in [-0.25, -0.2) is 0 Å². The summed E-state index contributed by atoms with van der Waals surface area (Å²) in [4.78, 5) is 20.6. The van der Waals surface area contributed by atoms with Crippen LogP contribution >= 0.6 is 0 Å². The van der Waals surface area contributed by atoms with Crippen LogP contribution in [0.3, 0.4) is 0 Å². The first-order chi connectivity index (χ1) is 8.78. The van der Waals surface area contributed by atoms with Gasteiger partial charge in [0.15, 0.2) is 6.67 Å².